The minimum atomic E-state index is -0.571. The molecule has 0 saturated carbocycles. The molecular formula is C11H13ClO2. The third-order valence-electron chi connectivity index (χ3n) is 2.45. The normalized spacial score (nSPS) is 21.5. The Labute approximate surface area is 88.5 Å². The van der Waals surface area contributed by atoms with Crippen LogP contribution >= 0.6 is 11.6 Å². The fraction of sp³-hybridized carbons (Fsp3) is 0.455. The van der Waals surface area contributed by atoms with E-state index in [1.54, 1.807) is 0 Å². The maximum Gasteiger partial charge on any atom is 0.123 e. The van der Waals surface area contributed by atoms with Gasteiger partial charge in [-0.25, -0.2) is 0 Å². The number of aliphatic hydroxyl groups is 1. The molecule has 1 aromatic rings. The van der Waals surface area contributed by atoms with Gasteiger partial charge in [-0.15, -0.1) is 11.6 Å². The highest BCUT2D eigenvalue weighted by Crippen LogP contribution is 2.31. The van der Waals surface area contributed by atoms with Gasteiger partial charge in [0.1, 0.15) is 11.9 Å². The van der Waals surface area contributed by atoms with Gasteiger partial charge < -0.3 is 9.84 Å². The molecule has 0 aliphatic carbocycles. The van der Waals surface area contributed by atoms with Crippen molar-refractivity contribution in [3.63, 3.8) is 0 Å². The van der Waals surface area contributed by atoms with Gasteiger partial charge in [0.25, 0.3) is 0 Å². The summed E-state index contributed by atoms with van der Waals surface area (Å²) in [5.41, 5.74) is 2.04. The van der Waals surface area contributed by atoms with Crippen LogP contribution in [0.3, 0.4) is 0 Å². The van der Waals surface area contributed by atoms with Crippen LogP contribution in [0.4, 0.5) is 0 Å². The van der Waals surface area contributed by atoms with Crippen LogP contribution in [0, 0.1) is 0 Å². The molecule has 0 bridgehead atoms. The third kappa shape index (κ3) is 1.72. The molecule has 0 saturated heterocycles. The van der Waals surface area contributed by atoms with Crippen molar-refractivity contribution in [3.8, 4) is 5.75 Å². The molecule has 2 atom stereocenters. The first-order valence-electron chi connectivity index (χ1n) is 4.74. The zero-order valence-electron chi connectivity index (χ0n) is 8.03. The summed E-state index contributed by atoms with van der Waals surface area (Å²) < 4.78 is 5.56. The van der Waals surface area contributed by atoms with Gasteiger partial charge in [0.2, 0.25) is 0 Å². The van der Waals surface area contributed by atoms with E-state index in [0.717, 1.165) is 17.7 Å². The summed E-state index contributed by atoms with van der Waals surface area (Å²) in [5.74, 6) is 1.16. The number of benzene rings is 1. The van der Waals surface area contributed by atoms with Gasteiger partial charge in [-0.1, -0.05) is 6.07 Å². The second-order valence-corrected chi connectivity index (χ2v) is 3.98. The summed E-state index contributed by atoms with van der Waals surface area (Å²) in [4.78, 5) is 0. The Kier molecular flexibility index (Phi) is 2.66. The topological polar surface area (TPSA) is 29.5 Å². The van der Waals surface area contributed by atoms with Crippen molar-refractivity contribution in [3.05, 3.63) is 29.3 Å². The number of ether oxygens (including phenoxy) is 1. The highest BCUT2D eigenvalue weighted by Gasteiger charge is 2.20. The smallest absolute Gasteiger partial charge is 0.123 e. The van der Waals surface area contributed by atoms with Crippen LogP contribution in [0.1, 0.15) is 24.2 Å². The lowest BCUT2D eigenvalue weighted by molar-refractivity contribution is 0.202. The number of hydrogen-bond acceptors (Lipinski definition) is 2. The van der Waals surface area contributed by atoms with Crippen molar-refractivity contribution in [1.29, 1.82) is 0 Å². The second-order valence-electron chi connectivity index (χ2n) is 3.67. The summed E-state index contributed by atoms with van der Waals surface area (Å²) in [6.45, 7) is 2.04. The highest BCUT2D eigenvalue weighted by atomic mass is 35.5. The van der Waals surface area contributed by atoms with E-state index < -0.39 is 6.10 Å². The quantitative estimate of drug-likeness (QED) is 0.763. The Morgan fingerprint density at radius 1 is 1.64 bits per heavy atom. The lowest BCUT2D eigenvalue weighted by atomic mass is 10.0. The van der Waals surface area contributed by atoms with E-state index in [0.29, 0.717) is 0 Å². The first-order valence-corrected chi connectivity index (χ1v) is 5.27. The molecule has 0 amide bonds. The highest BCUT2D eigenvalue weighted by molar-refractivity contribution is 6.18. The summed E-state index contributed by atoms with van der Waals surface area (Å²) in [5, 5.41) is 9.55. The molecule has 1 aliphatic rings. The molecule has 1 aliphatic heterocycles. The summed E-state index contributed by atoms with van der Waals surface area (Å²) in [6.07, 6.45) is 0.587. The SMILES string of the molecule is CC1Cc2cc(C(O)CCl)ccc2O1. The Bertz CT molecular complexity index is 338. The van der Waals surface area contributed by atoms with E-state index >= 15 is 0 Å². The van der Waals surface area contributed by atoms with Gasteiger partial charge in [-0.05, 0) is 30.2 Å². The maximum absolute atomic E-state index is 9.55. The lowest BCUT2D eigenvalue weighted by Crippen LogP contribution is -2.05. The van der Waals surface area contributed by atoms with Gasteiger partial charge in [0, 0.05) is 6.42 Å². The molecule has 76 valence electrons. The predicted molar refractivity (Wildman–Crippen MR) is 55.9 cm³/mol. The fourth-order valence-electron chi connectivity index (χ4n) is 1.74. The number of aliphatic hydroxyl groups excluding tert-OH is 1. The predicted octanol–water partition coefficient (Wildman–Crippen LogP) is 2.28. The zero-order chi connectivity index (χ0) is 10.1. The fourth-order valence-corrected chi connectivity index (χ4v) is 1.92. The number of fused-ring (bicyclic) bond motifs is 1. The Balaban J connectivity index is 2.28. The number of hydrogen-bond donors (Lipinski definition) is 1. The van der Waals surface area contributed by atoms with E-state index in [2.05, 4.69) is 0 Å². The Morgan fingerprint density at radius 3 is 3.14 bits per heavy atom. The van der Waals surface area contributed by atoms with Crippen molar-refractivity contribution in [2.75, 3.05) is 5.88 Å². The van der Waals surface area contributed by atoms with Crippen molar-refractivity contribution in [2.45, 2.75) is 25.6 Å². The molecular weight excluding hydrogens is 200 g/mol. The molecule has 3 heteroatoms. The first-order chi connectivity index (χ1) is 6.70. The molecule has 0 spiro atoms. The van der Waals surface area contributed by atoms with Gasteiger partial charge in [0.05, 0.1) is 12.0 Å². The average Bonchev–Trinajstić information content (AvgIpc) is 2.55. The summed E-state index contributed by atoms with van der Waals surface area (Å²) >= 11 is 5.58. The van der Waals surface area contributed by atoms with Crippen LogP contribution in [-0.4, -0.2) is 17.1 Å². The van der Waals surface area contributed by atoms with E-state index in [1.807, 2.05) is 25.1 Å². The van der Waals surface area contributed by atoms with Gasteiger partial charge in [0.15, 0.2) is 0 Å². The average molecular weight is 213 g/mol. The third-order valence-corrected chi connectivity index (χ3v) is 2.74. The molecule has 0 aromatic heterocycles. The molecule has 0 fully saturated rings. The monoisotopic (exact) mass is 212 g/mol. The van der Waals surface area contributed by atoms with Gasteiger partial charge in [-0.3, -0.25) is 0 Å². The molecule has 2 rings (SSSR count). The van der Waals surface area contributed by atoms with Crippen LogP contribution in [0.15, 0.2) is 18.2 Å². The minimum absolute atomic E-state index is 0.231. The van der Waals surface area contributed by atoms with E-state index in [4.69, 9.17) is 16.3 Å². The van der Waals surface area contributed by atoms with Crippen molar-refractivity contribution >= 4 is 11.6 Å². The van der Waals surface area contributed by atoms with Crippen molar-refractivity contribution in [2.24, 2.45) is 0 Å². The molecule has 2 nitrogen and oxygen atoms in total. The summed E-state index contributed by atoms with van der Waals surface area (Å²) in [6, 6.07) is 5.75. The Hall–Kier alpha value is -0.730. The zero-order valence-corrected chi connectivity index (χ0v) is 8.79. The number of rotatable bonds is 2. The van der Waals surface area contributed by atoms with E-state index in [1.165, 1.54) is 5.56 Å². The van der Waals surface area contributed by atoms with Crippen molar-refractivity contribution in [1.82, 2.24) is 0 Å². The van der Waals surface area contributed by atoms with E-state index in [-0.39, 0.29) is 12.0 Å². The number of alkyl halides is 1. The molecule has 1 aromatic carbocycles. The van der Waals surface area contributed by atoms with Crippen LogP contribution in [0.25, 0.3) is 0 Å². The largest absolute Gasteiger partial charge is 0.490 e. The first kappa shape index (κ1) is 9.81. The molecule has 14 heavy (non-hydrogen) atoms. The van der Waals surface area contributed by atoms with Gasteiger partial charge >= 0.3 is 0 Å². The molecule has 2 unspecified atom stereocenters. The minimum Gasteiger partial charge on any atom is -0.490 e. The standard InChI is InChI=1S/C11H13ClO2/c1-7-4-9-5-8(10(13)6-12)2-3-11(9)14-7/h2-3,5,7,10,13H,4,6H2,1H3. The maximum atomic E-state index is 9.55. The molecule has 1 heterocycles. The number of halogens is 1. The molecule has 0 radical (unpaired) electrons. The second kappa shape index (κ2) is 3.79. The van der Waals surface area contributed by atoms with Crippen LogP contribution < -0.4 is 4.74 Å². The van der Waals surface area contributed by atoms with E-state index in [9.17, 15) is 5.11 Å². The van der Waals surface area contributed by atoms with Crippen LogP contribution in [0.5, 0.6) is 5.75 Å². The lowest BCUT2D eigenvalue weighted by Gasteiger charge is -2.08. The Morgan fingerprint density at radius 2 is 2.43 bits per heavy atom. The van der Waals surface area contributed by atoms with Gasteiger partial charge in [-0.2, -0.15) is 0 Å². The van der Waals surface area contributed by atoms with Crippen LogP contribution in [0.2, 0.25) is 0 Å². The summed E-state index contributed by atoms with van der Waals surface area (Å²) in [7, 11) is 0. The molecule has 1 N–H and O–H groups in total. The van der Waals surface area contributed by atoms with Crippen LogP contribution in [-0.2, 0) is 6.42 Å². The van der Waals surface area contributed by atoms with Crippen molar-refractivity contribution < 1.29 is 9.84 Å².